The minimum atomic E-state index is -0.212. The van der Waals surface area contributed by atoms with Gasteiger partial charge in [-0.25, -0.2) is 9.38 Å². The van der Waals surface area contributed by atoms with Crippen LogP contribution in [0.2, 0.25) is 0 Å². The van der Waals surface area contributed by atoms with Crippen LogP contribution in [-0.4, -0.2) is 18.5 Å². The second-order valence-electron chi connectivity index (χ2n) is 3.49. The number of aliphatic imine (C=N–C) groups is 1. The molecule has 0 bridgehead atoms. The molecule has 14 heavy (non-hydrogen) atoms. The molecule has 2 nitrogen and oxygen atoms in total. The highest BCUT2D eigenvalue weighted by Gasteiger charge is 2.14. The predicted molar refractivity (Wildman–Crippen MR) is 53.0 cm³/mol. The van der Waals surface area contributed by atoms with Crippen LogP contribution in [0.15, 0.2) is 29.3 Å². The van der Waals surface area contributed by atoms with E-state index in [0.29, 0.717) is 13.0 Å². The number of hydrogen-bond acceptors (Lipinski definition) is 2. The number of ether oxygens (including phenoxy) is 1. The zero-order valence-electron chi connectivity index (χ0n) is 8.03. The Hall–Kier alpha value is -1.38. The van der Waals surface area contributed by atoms with E-state index in [1.165, 1.54) is 12.1 Å². The highest BCUT2D eigenvalue weighted by molar-refractivity contribution is 5.80. The third-order valence-corrected chi connectivity index (χ3v) is 2.12. The second kappa shape index (κ2) is 3.78. The molecule has 0 radical (unpaired) electrons. The normalized spacial score (nSPS) is 20.4. The zero-order valence-corrected chi connectivity index (χ0v) is 8.03. The number of nitrogens with zero attached hydrogens (tertiary/aromatic N) is 1. The molecule has 3 heteroatoms. The molecule has 0 N–H and O–H groups in total. The topological polar surface area (TPSA) is 21.6 Å². The Balaban J connectivity index is 2.04. The Morgan fingerprint density at radius 1 is 1.43 bits per heavy atom. The van der Waals surface area contributed by atoms with Gasteiger partial charge in [-0.1, -0.05) is 12.1 Å². The average molecular weight is 193 g/mol. The highest BCUT2D eigenvalue weighted by atomic mass is 19.1. The van der Waals surface area contributed by atoms with Crippen LogP contribution in [0.5, 0.6) is 0 Å². The van der Waals surface area contributed by atoms with E-state index >= 15 is 0 Å². The molecule has 0 unspecified atom stereocenters. The Kier molecular flexibility index (Phi) is 2.48. The first-order chi connectivity index (χ1) is 6.74. The molecule has 0 saturated heterocycles. The molecule has 1 aliphatic rings. The van der Waals surface area contributed by atoms with Crippen LogP contribution >= 0.6 is 0 Å². The number of rotatable bonds is 2. The molecular formula is C11H12FNO. The molecule has 0 aliphatic carbocycles. The summed E-state index contributed by atoms with van der Waals surface area (Å²) in [5.74, 6) is 0.542. The molecule has 0 fully saturated rings. The quantitative estimate of drug-likeness (QED) is 0.705. The van der Waals surface area contributed by atoms with E-state index in [-0.39, 0.29) is 11.9 Å². The summed E-state index contributed by atoms with van der Waals surface area (Å²) in [6, 6.07) is 6.67. The van der Waals surface area contributed by atoms with Gasteiger partial charge in [0.15, 0.2) is 5.90 Å². The first kappa shape index (κ1) is 9.19. The lowest BCUT2D eigenvalue weighted by molar-refractivity contribution is 0.317. The van der Waals surface area contributed by atoms with E-state index in [1.807, 2.05) is 6.92 Å². The van der Waals surface area contributed by atoms with Gasteiger partial charge in [0.1, 0.15) is 12.4 Å². The fourth-order valence-electron chi connectivity index (χ4n) is 1.41. The lowest BCUT2D eigenvalue weighted by atomic mass is 10.1. The van der Waals surface area contributed by atoms with Crippen molar-refractivity contribution in [3.63, 3.8) is 0 Å². The van der Waals surface area contributed by atoms with E-state index in [0.717, 1.165) is 11.5 Å². The van der Waals surface area contributed by atoms with Gasteiger partial charge in [0.25, 0.3) is 0 Å². The first-order valence-corrected chi connectivity index (χ1v) is 4.68. The van der Waals surface area contributed by atoms with Crippen LogP contribution in [0.3, 0.4) is 0 Å². The Morgan fingerprint density at radius 2 is 2.14 bits per heavy atom. The first-order valence-electron chi connectivity index (χ1n) is 4.68. The minimum absolute atomic E-state index is 0.212. The minimum Gasteiger partial charge on any atom is -0.478 e. The monoisotopic (exact) mass is 193 g/mol. The van der Waals surface area contributed by atoms with Crippen LogP contribution in [-0.2, 0) is 11.2 Å². The van der Waals surface area contributed by atoms with Gasteiger partial charge in [-0.2, -0.15) is 0 Å². The SMILES string of the molecule is C[C@H]1COC(Cc2ccc(F)cc2)=N1. The van der Waals surface area contributed by atoms with Crippen molar-refractivity contribution >= 4 is 5.90 Å². The van der Waals surface area contributed by atoms with E-state index < -0.39 is 0 Å². The smallest absolute Gasteiger partial charge is 0.188 e. The molecule has 0 spiro atoms. The molecule has 2 rings (SSSR count). The van der Waals surface area contributed by atoms with Crippen LogP contribution in [0.1, 0.15) is 12.5 Å². The Bertz CT molecular complexity index is 345. The van der Waals surface area contributed by atoms with Crippen LogP contribution < -0.4 is 0 Å². The zero-order chi connectivity index (χ0) is 9.97. The van der Waals surface area contributed by atoms with Crippen molar-refractivity contribution < 1.29 is 9.13 Å². The maximum Gasteiger partial charge on any atom is 0.188 e. The van der Waals surface area contributed by atoms with E-state index in [4.69, 9.17) is 4.74 Å². The number of hydrogen-bond donors (Lipinski definition) is 0. The van der Waals surface area contributed by atoms with Crippen LogP contribution in [0.25, 0.3) is 0 Å². The van der Waals surface area contributed by atoms with Gasteiger partial charge >= 0.3 is 0 Å². The molecule has 1 aromatic rings. The van der Waals surface area contributed by atoms with E-state index in [1.54, 1.807) is 12.1 Å². The summed E-state index contributed by atoms with van der Waals surface area (Å²) >= 11 is 0. The summed E-state index contributed by atoms with van der Waals surface area (Å²) < 4.78 is 18.0. The third-order valence-electron chi connectivity index (χ3n) is 2.12. The fraction of sp³-hybridized carbons (Fsp3) is 0.364. The maximum absolute atomic E-state index is 12.6. The van der Waals surface area contributed by atoms with Gasteiger partial charge in [-0.15, -0.1) is 0 Å². The van der Waals surface area contributed by atoms with Crippen molar-refractivity contribution in [2.45, 2.75) is 19.4 Å². The lowest BCUT2D eigenvalue weighted by Gasteiger charge is -2.01. The standard InChI is InChI=1S/C11H12FNO/c1-8-7-14-11(13-8)6-9-2-4-10(12)5-3-9/h2-5,8H,6-7H2,1H3/t8-/m0/s1. The van der Waals surface area contributed by atoms with Gasteiger partial charge in [0.2, 0.25) is 0 Å². The van der Waals surface area contributed by atoms with Gasteiger partial charge < -0.3 is 4.74 Å². The third kappa shape index (κ3) is 2.10. The van der Waals surface area contributed by atoms with Crippen molar-refractivity contribution in [3.8, 4) is 0 Å². The maximum atomic E-state index is 12.6. The molecule has 1 heterocycles. The summed E-state index contributed by atoms with van der Waals surface area (Å²) in [7, 11) is 0. The van der Waals surface area contributed by atoms with Crippen molar-refractivity contribution in [2.24, 2.45) is 4.99 Å². The van der Waals surface area contributed by atoms with Gasteiger partial charge in [0, 0.05) is 6.42 Å². The molecule has 0 aromatic heterocycles. The molecule has 0 amide bonds. The van der Waals surface area contributed by atoms with Gasteiger partial charge in [0.05, 0.1) is 6.04 Å². The van der Waals surface area contributed by atoms with Crippen molar-refractivity contribution in [3.05, 3.63) is 35.6 Å². The highest BCUT2D eigenvalue weighted by Crippen LogP contribution is 2.10. The van der Waals surface area contributed by atoms with Gasteiger partial charge in [-0.05, 0) is 24.6 Å². The lowest BCUT2D eigenvalue weighted by Crippen LogP contribution is -2.03. The summed E-state index contributed by atoms with van der Waals surface area (Å²) in [4.78, 5) is 4.31. The van der Waals surface area contributed by atoms with Crippen molar-refractivity contribution in [1.29, 1.82) is 0 Å². The van der Waals surface area contributed by atoms with Gasteiger partial charge in [-0.3, -0.25) is 0 Å². The molecule has 0 saturated carbocycles. The molecular weight excluding hydrogens is 181 g/mol. The number of halogens is 1. The summed E-state index contributed by atoms with van der Waals surface area (Å²) in [6.45, 7) is 2.67. The molecule has 74 valence electrons. The van der Waals surface area contributed by atoms with Crippen LogP contribution in [0.4, 0.5) is 4.39 Å². The van der Waals surface area contributed by atoms with Crippen molar-refractivity contribution in [2.75, 3.05) is 6.61 Å². The molecule has 1 aromatic carbocycles. The summed E-state index contributed by atoms with van der Waals surface area (Å²) in [5, 5.41) is 0. The summed E-state index contributed by atoms with van der Waals surface area (Å²) in [6.07, 6.45) is 0.657. The second-order valence-corrected chi connectivity index (χ2v) is 3.49. The summed E-state index contributed by atoms with van der Waals surface area (Å²) in [5.41, 5.74) is 1.03. The Morgan fingerprint density at radius 3 is 2.71 bits per heavy atom. The van der Waals surface area contributed by atoms with Crippen LogP contribution in [0, 0.1) is 5.82 Å². The molecule has 1 atom stereocenters. The fourth-order valence-corrected chi connectivity index (χ4v) is 1.41. The van der Waals surface area contributed by atoms with E-state index in [2.05, 4.69) is 4.99 Å². The molecule has 1 aliphatic heterocycles. The van der Waals surface area contributed by atoms with E-state index in [9.17, 15) is 4.39 Å². The Labute approximate surface area is 82.4 Å². The number of benzene rings is 1. The predicted octanol–water partition coefficient (Wildman–Crippen LogP) is 2.19. The largest absolute Gasteiger partial charge is 0.478 e. The average Bonchev–Trinajstić information content (AvgIpc) is 2.56. The van der Waals surface area contributed by atoms with Crippen molar-refractivity contribution in [1.82, 2.24) is 0 Å².